The van der Waals surface area contributed by atoms with Crippen molar-refractivity contribution in [2.24, 2.45) is 0 Å². The normalized spacial score (nSPS) is 10.8. The number of anilines is 3. The van der Waals surface area contributed by atoms with Gasteiger partial charge in [-0.15, -0.1) is 0 Å². The lowest BCUT2D eigenvalue weighted by Gasteiger charge is -2.10. The van der Waals surface area contributed by atoms with Crippen LogP contribution in [0.5, 0.6) is 0 Å². The van der Waals surface area contributed by atoms with Gasteiger partial charge in [-0.1, -0.05) is 18.2 Å². The first kappa shape index (κ1) is 20.1. The number of amides is 1. The van der Waals surface area contributed by atoms with Crippen molar-refractivity contribution in [1.82, 2.24) is 19.5 Å². The minimum atomic E-state index is -0.683. The molecule has 0 aliphatic carbocycles. The highest BCUT2D eigenvalue weighted by Crippen LogP contribution is 2.20. The van der Waals surface area contributed by atoms with Crippen LogP contribution < -0.4 is 16.3 Å². The molecule has 5 rings (SSSR count). The van der Waals surface area contributed by atoms with Gasteiger partial charge in [-0.2, -0.15) is 0 Å². The van der Waals surface area contributed by atoms with Crippen molar-refractivity contribution in [2.45, 2.75) is 6.92 Å². The van der Waals surface area contributed by atoms with Crippen LogP contribution in [0.4, 0.5) is 17.2 Å². The summed E-state index contributed by atoms with van der Waals surface area (Å²) in [7, 11) is 0. The molecule has 0 spiro atoms. The maximum atomic E-state index is 12.6. The summed E-state index contributed by atoms with van der Waals surface area (Å²) >= 11 is 0. The van der Waals surface area contributed by atoms with E-state index in [0.717, 1.165) is 11.5 Å². The van der Waals surface area contributed by atoms with Crippen LogP contribution >= 0.6 is 0 Å². The van der Waals surface area contributed by atoms with Crippen molar-refractivity contribution < 1.29 is 9.21 Å². The lowest BCUT2D eigenvalue weighted by Crippen LogP contribution is -2.20. The number of nitrogens with zero attached hydrogens (tertiary/aromatic N) is 4. The number of nitrogens with one attached hydrogen (secondary N) is 2. The number of aromatic nitrogens is 4. The van der Waals surface area contributed by atoms with E-state index in [2.05, 4.69) is 25.6 Å². The van der Waals surface area contributed by atoms with E-state index < -0.39 is 11.5 Å². The highest BCUT2D eigenvalue weighted by molar-refractivity contribution is 6.05. The summed E-state index contributed by atoms with van der Waals surface area (Å²) in [5, 5.41) is 6.61. The van der Waals surface area contributed by atoms with Crippen molar-refractivity contribution in [3.8, 4) is 5.82 Å². The van der Waals surface area contributed by atoms with Gasteiger partial charge in [0, 0.05) is 35.2 Å². The Balaban J connectivity index is 1.30. The summed E-state index contributed by atoms with van der Waals surface area (Å²) in [5.41, 5.74) is 1.00. The summed E-state index contributed by atoms with van der Waals surface area (Å²) in [4.78, 5) is 37.6. The van der Waals surface area contributed by atoms with Gasteiger partial charge in [0.15, 0.2) is 0 Å². The Hall–Kier alpha value is -4.79. The van der Waals surface area contributed by atoms with Crippen LogP contribution in [-0.4, -0.2) is 25.4 Å². The molecule has 0 saturated carbocycles. The SMILES string of the molecule is Cc1nccn1-c1cc(Nc2ccc(NC(=O)c3cc4ccccc4oc3=O)cc2)ncn1. The van der Waals surface area contributed by atoms with Crippen molar-refractivity contribution in [3.63, 3.8) is 0 Å². The molecule has 0 aliphatic heterocycles. The van der Waals surface area contributed by atoms with Crippen molar-refractivity contribution in [2.75, 3.05) is 10.6 Å². The van der Waals surface area contributed by atoms with Crippen LogP contribution in [0.15, 0.2) is 88.6 Å². The largest absolute Gasteiger partial charge is 0.422 e. The third kappa shape index (κ3) is 4.19. The summed E-state index contributed by atoms with van der Waals surface area (Å²) in [6.45, 7) is 1.89. The van der Waals surface area contributed by atoms with E-state index in [1.807, 2.05) is 29.8 Å². The van der Waals surface area contributed by atoms with Gasteiger partial charge >= 0.3 is 5.63 Å². The van der Waals surface area contributed by atoms with Gasteiger partial charge in [0.25, 0.3) is 5.91 Å². The monoisotopic (exact) mass is 438 g/mol. The predicted molar refractivity (Wildman–Crippen MR) is 124 cm³/mol. The third-order valence-corrected chi connectivity index (χ3v) is 5.03. The van der Waals surface area contributed by atoms with Gasteiger partial charge in [0.05, 0.1) is 0 Å². The second kappa shape index (κ2) is 8.39. The fraction of sp³-hybridized carbons (Fsp3) is 0.0417. The Morgan fingerprint density at radius 1 is 0.970 bits per heavy atom. The van der Waals surface area contributed by atoms with Crippen molar-refractivity contribution in [3.05, 3.63) is 101 Å². The third-order valence-electron chi connectivity index (χ3n) is 5.03. The van der Waals surface area contributed by atoms with Crippen LogP contribution in [-0.2, 0) is 0 Å². The Kier molecular flexibility index (Phi) is 5.12. The number of imidazole rings is 1. The highest BCUT2D eigenvalue weighted by Gasteiger charge is 2.14. The molecule has 0 bridgehead atoms. The zero-order chi connectivity index (χ0) is 22.8. The predicted octanol–water partition coefficient (Wildman–Crippen LogP) is 4.07. The molecule has 2 N–H and O–H groups in total. The lowest BCUT2D eigenvalue weighted by molar-refractivity contribution is 0.102. The number of para-hydroxylation sites is 1. The number of hydrogen-bond donors (Lipinski definition) is 2. The average Bonchev–Trinajstić information content (AvgIpc) is 3.26. The molecule has 2 aromatic carbocycles. The van der Waals surface area contributed by atoms with Gasteiger partial charge in [-0.25, -0.2) is 19.7 Å². The lowest BCUT2D eigenvalue weighted by atomic mass is 10.1. The summed E-state index contributed by atoms with van der Waals surface area (Å²) < 4.78 is 7.09. The topological polar surface area (TPSA) is 115 Å². The number of aryl methyl sites for hydroxylation is 1. The van der Waals surface area contributed by atoms with Crippen LogP contribution in [0.3, 0.4) is 0 Å². The molecule has 0 aliphatic rings. The van der Waals surface area contributed by atoms with Crippen molar-refractivity contribution >= 4 is 34.1 Å². The molecule has 0 radical (unpaired) electrons. The van der Waals surface area contributed by atoms with E-state index in [9.17, 15) is 9.59 Å². The van der Waals surface area contributed by atoms with Crippen LogP contribution in [0.25, 0.3) is 16.8 Å². The average molecular weight is 438 g/mol. The molecule has 9 nitrogen and oxygen atoms in total. The zero-order valence-electron chi connectivity index (χ0n) is 17.5. The number of benzene rings is 2. The molecular formula is C24H18N6O3. The minimum absolute atomic E-state index is 0.0563. The molecular weight excluding hydrogens is 420 g/mol. The number of rotatable bonds is 5. The molecule has 33 heavy (non-hydrogen) atoms. The Morgan fingerprint density at radius 3 is 2.55 bits per heavy atom. The molecule has 1 amide bonds. The van der Waals surface area contributed by atoms with E-state index in [-0.39, 0.29) is 5.56 Å². The summed E-state index contributed by atoms with van der Waals surface area (Å²) in [6.07, 6.45) is 5.01. The number of carbonyl (C=O) groups excluding carboxylic acids is 1. The van der Waals surface area contributed by atoms with E-state index in [4.69, 9.17) is 4.42 Å². The second-order valence-electron chi connectivity index (χ2n) is 7.25. The molecule has 3 heterocycles. The van der Waals surface area contributed by atoms with Crippen molar-refractivity contribution in [1.29, 1.82) is 0 Å². The molecule has 3 aromatic heterocycles. The van der Waals surface area contributed by atoms with E-state index >= 15 is 0 Å². The molecule has 0 fully saturated rings. The molecule has 162 valence electrons. The molecule has 0 unspecified atom stereocenters. The zero-order valence-corrected chi connectivity index (χ0v) is 17.5. The van der Waals surface area contributed by atoms with Crippen LogP contribution in [0.2, 0.25) is 0 Å². The van der Waals surface area contributed by atoms with E-state index in [1.165, 1.54) is 12.4 Å². The molecule has 9 heteroatoms. The first-order valence-corrected chi connectivity index (χ1v) is 10.1. The number of carbonyl (C=O) groups is 1. The second-order valence-corrected chi connectivity index (χ2v) is 7.25. The molecule has 0 saturated heterocycles. The standard InChI is InChI=1S/C24H18N6O3/c1-15-25-10-11-30(15)22-13-21(26-14-27-22)28-17-6-8-18(9-7-17)29-23(31)19-12-16-4-2-3-5-20(16)33-24(19)32/h2-14H,1H3,(H,29,31)(H,26,27,28). The van der Waals surface area contributed by atoms with Gasteiger partial charge in [-0.05, 0) is 43.3 Å². The Morgan fingerprint density at radius 2 is 1.76 bits per heavy atom. The molecule has 0 atom stereocenters. The number of hydrogen-bond acceptors (Lipinski definition) is 7. The van der Waals surface area contributed by atoms with Crippen LogP contribution in [0.1, 0.15) is 16.2 Å². The van der Waals surface area contributed by atoms with Gasteiger partial charge < -0.3 is 15.1 Å². The molecule has 5 aromatic rings. The summed E-state index contributed by atoms with van der Waals surface area (Å²) in [5.74, 6) is 1.59. The smallest absolute Gasteiger partial charge is 0.349 e. The minimum Gasteiger partial charge on any atom is -0.422 e. The van der Waals surface area contributed by atoms with Gasteiger partial charge in [0.2, 0.25) is 0 Å². The number of fused-ring (bicyclic) bond motifs is 1. The maximum absolute atomic E-state index is 12.6. The highest BCUT2D eigenvalue weighted by atomic mass is 16.4. The van der Waals surface area contributed by atoms with Gasteiger partial charge in [-0.3, -0.25) is 9.36 Å². The Bertz CT molecular complexity index is 1520. The first-order valence-electron chi connectivity index (χ1n) is 10.1. The summed E-state index contributed by atoms with van der Waals surface area (Å²) in [6, 6.07) is 17.4. The fourth-order valence-corrected chi connectivity index (χ4v) is 3.37. The van der Waals surface area contributed by atoms with Crippen LogP contribution in [0, 0.1) is 6.92 Å². The first-order chi connectivity index (χ1) is 16.1. The van der Waals surface area contributed by atoms with Gasteiger partial charge in [0.1, 0.15) is 34.9 Å². The Labute approximate surface area is 187 Å². The van der Waals surface area contributed by atoms with E-state index in [0.29, 0.717) is 28.3 Å². The van der Waals surface area contributed by atoms with E-state index in [1.54, 1.807) is 48.7 Å². The maximum Gasteiger partial charge on any atom is 0.349 e. The fourth-order valence-electron chi connectivity index (χ4n) is 3.37. The quantitative estimate of drug-likeness (QED) is 0.397.